The van der Waals surface area contributed by atoms with E-state index in [1.807, 2.05) is 37.3 Å². The van der Waals surface area contributed by atoms with Gasteiger partial charge in [-0.2, -0.15) is 0 Å². The highest BCUT2D eigenvalue weighted by atomic mass is 79.9. The standard InChI is InChI=1S/C19H16BrClN2O2/c1-12-2-4-13(5-3-12)17-11-22-19(25-17)9-8-18(24)23-16-7-6-14(20)10-15(16)21/h2-7,10-11H,8-9H2,1H3,(H,23,24). The van der Waals surface area contributed by atoms with Crippen molar-refractivity contribution in [2.45, 2.75) is 19.8 Å². The number of aryl methyl sites for hydroxylation is 2. The molecule has 1 aromatic heterocycles. The molecule has 2 aromatic carbocycles. The second kappa shape index (κ2) is 7.85. The summed E-state index contributed by atoms with van der Waals surface area (Å²) in [4.78, 5) is 16.3. The van der Waals surface area contributed by atoms with Crippen LogP contribution in [0, 0.1) is 6.92 Å². The number of oxazole rings is 1. The highest BCUT2D eigenvalue weighted by molar-refractivity contribution is 9.10. The molecule has 0 atom stereocenters. The first-order valence-electron chi connectivity index (χ1n) is 7.78. The van der Waals surface area contributed by atoms with Gasteiger partial charge in [0.15, 0.2) is 11.7 Å². The van der Waals surface area contributed by atoms with Crippen LogP contribution in [0.15, 0.2) is 57.6 Å². The van der Waals surface area contributed by atoms with E-state index in [1.54, 1.807) is 18.3 Å². The molecular formula is C19H16BrClN2O2. The third-order valence-electron chi connectivity index (χ3n) is 3.66. The first-order chi connectivity index (χ1) is 12.0. The van der Waals surface area contributed by atoms with Crippen LogP contribution in [0.1, 0.15) is 17.9 Å². The average molecular weight is 420 g/mol. The minimum absolute atomic E-state index is 0.140. The lowest BCUT2D eigenvalue weighted by atomic mass is 10.1. The van der Waals surface area contributed by atoms with Gasteiger partial charge in [0.25, 0.3) is 0 Å². The molecule has 0 unspecified atom stereocenters. The van der Waals surface area contributed by atoms with Gasteiger partial charge in [-0.05, 0) is 25.1 Å². The lowest BCUT2D eigenvalue weighted by molar-refractivity contribution is -0.116. The highest BCUT2D eigenvalue weighted by Crippen LogP contribution is 2.26. The molecule has 0 spiro atoms. The summed E-state index contributed by atoms with van der Waals surface area (Å²) in [7, 11) is 0. The summed E-state index contributed by atoms with van der Waals surface area (Å²) >= 11 is 9.43. The van der Waals surface area contributed by atoms with Crippen molar-refractivity contribution in [3.8, 4) is 11.3 Å². The molecule has 1 amide bonds. The second-order valence-corrected chi connectivity index (χ2v) is 6.98. The smallest absolute Gasteiger partial charge is 0.224 e. The van der Waals surface area contributed by atoms with Crippen molar-refractivity contribution < 1.29 is 9.21 Å². The van der Waals surface area contributed by atoms with Gasteiger partial charge in [0.1, 0.15) is 0 Å². The molecule has 4 nitrogen and oxygen atoms in total. The SMILES string of the molecule is Cc1ccc(-c2cnc(CCC(=O)Nc3ccc(Br)cc3Cl)o2)cc1. The maximum atomic E-state index is 12.1. The van der Waals surface area contributed by atoms with Crippen molar-refractivity contribution in [1.29, 1.82) is 0 Å². The van der Waals surface area contributed by atoms with Crippen LogP contribution >= 0.6 is 27.5 Å². The fourth-order valence-corrected chi connectivity index (χ4v) is 3.02. The Balaban J connectivity index is 1.58. The zero-order chi connectivity index (χ0) is 17.8. The molecule has 0 aliphatic carbocycles. The monoisotopic (exact) mass is 418 g/mol. The number of anilines is 1. The van der Waals surface area contributed by atoms with E-state index in [-0.39, 0.29) is 12.3 Å². The third-order valence-corrected chi connectivity index (χ3v) is 4.47. The van der Waals surface area contributed by atoms with Crippen molar-refractivity contribution in [1.82, 2.24) is 4.98 Å². The number of amides is 1. The number of carbonyl (C=O) groups excluding carboxylic acids is 1. The lowest BCUT2D eigenvalue weighted by Crippen LogP contribution is -2.12. The number of rotatable bonds is 5. The van der Waals surface area contributed by atoms with E-state index in [4.69, 9.17) is 16.0 Å². The number of hydrogen-bond donors (Lipinski definition) is 1. The summed E-state index contributed by atoms with van der Waals surface area (Å²) in [6.45, 7) is 2.03. The van der Waals surface area contributed by atoms with E-state index in [2.05, 4.69) is 26.2 Å². The Labute approximate surface area is 159 Å². The van der Waals surface area contributed by atoms with Crippen LogP contribution in [-0.4, -0.2) is 10.9 Å². The zero-order valence-electron chi connectivity index (χ0n) is 13.6. The van der Waals surface area contributed by atoms with Crippen molar-refractivity contribution in [2.75, 3.05) is 5.32 Å². The molecule has 25 heavy (non-hydrogen) atoms. The van der Waals surface area contributed by atoms with E-state index in [1.165, 1.54) is 5.56 Å². The molecule has 0 aliphatic heterocycles. The highest BCUT2D eigenvalue weighted by Gasteiger charge is 2.10. The predicted octanol–water partition coefficient (Wildman–Crippen LogP) is 5.64. The molecule has 0 aliphatic rings. The molecule has 0 fully saturated rings. The first-order valence-corrected chi connectivity index (χ1v) is 8.95. The molecule has 1 heterocycles. The lowest BCUT2D eigenvalue weighted by Gasteiger charge is -2.06. The molecule has 1 N–H and O–H groups in total. The van der Waals surface area contributed by atoms with Gasteiger partial charge in [-0.1, -0.05) is 57.4 Å². The van der Waals surface area contributed by atoms with Gasteiger partial charge in [-0.3, -0.25) is 4.79 Å². The fourth-order valence-electron chi connectivity index (χ4n) is 2.30. The summed E-state index contributed by atoms with van der Waals surface area (Å²) in [5, 5.41) is 3.28. The largest absolute Gasteiger partial charge is 0.441 e. The van der Waals surface area contributed by atoms with E-state index >= 15 is 0 Å². The minimum Gasteiger partial charge on any atom is -0.441 e. The van der Waals surface area contributed by atoms with Gasteiger partial charge < -0.3 is 9.73 Å². The summed E-state index contributed by atoms with van der Waals surface area (Å²) in [5.74, 6) is 1.10. The quantitative estimate of drug-likeness (QED) is 0.582. The van der Waals surface area contributed by atoms with E-state index in [9.17, 15) is 4.79 Å². The van der Waals surface area contributed by atoms with E-state index in [0.29, 0.717) is 28.8 Å². The van der Waals surface area contributed by atoms with Gasteiger partial charge in [-0.15, -0.1) is 0 Å². The molecule has 128 valence electrons. The number of carbonyl (C=O) groups is 1. The van der Waals surface area contributed by atoms with Gasteiger partial charge in [0.05, 0.1) is 16.9 Å². The van der Waals surface area contributed by atoms with Crippen LogP contribution in [0.3, 0.4) is 0 Å². The van der Waals surface area contributed by atoms with Crippen LogP contribution in [0.2, 0.25) is 5.02 Å². The second-order valence-electron chi connectivity index (χ2n) is 5.66. The Kier molecular flexibility index (Phi) is 5.56. The van der Waals surface area contributed by atoms with Crippen LogP contribution in [-0.2, 0) is 11.2 Å². The molecular weight excluding hydrogens is 404 g/mol. The molecule has 0 radical (unpaired) electrons. The molecule has 6 heteroatoms. The Morgan fingerprint density at radius 3 is 2.72 bits per heavy atom. The first kappa shape index (κ1) is 17.7. The Hall–Kier alpha value is -2.11. The van der Waals surface area contributed by atoms with Crippen molar-refractivity contribution >= 4 is 39.1 Å². The van der Waals surface area contributed by atoms with Crippen LogP contribution in [0.4, 0.5) is 5.69 Å². The van der Waals surface area contributed by atoms with Gasteiger partial charge in [0, 0.05) is 22.9 Å². The molecule has 0 saturated carbocycles. The van der Waals surface area contributed by atoms with Crippen molar-refractivity contribution in [3.63, 3.8) is 0 Å². The van der Waals surface area contributed by atoms with Crippen molar-refractivity contribution in [2.24, 2.45) is 0 Å². The molecule has 0 saturated heterocycles. The van der Waals surface area contributed by atoms with Crippen LogP contribution in [0.25, 0.3) is 11.3 Å². The number of hydrogen-bond acceptors (Lipinski definition) is 3. The van der Waals surface area contributed by atoms with Gasteiger partial charge in [-0.25, -0.2) is 4.98 Å². The number of nitrogens with one attached hydrogen (secondary N) is 1. The maximum Gasteiger partial charge on any atom is 0.224 e. The predicted molar refractivity (Wildman–Crippen MR) is 103 cm³/mol. The summed E-state index contributed by atoms with van der Waals surface area (Å²) in [6.07, 6.45) is 2.37. The Morgan fingerprint density at radius 1 is 1.24 bits per heavy atom. The molecule has 3 aromatic rings. The Morgan fingerprint density at radius 2 is 2.00 bits per heavy atom. The summed E-state index contributed by atoms with van der Waals surface area (Å²) in [6, 6.07) is 13.3. The molecule has 3 rings (SSSR count). The topological polar surface area (TPSA) is 55.1 Å². The summed E-state index contributed by atoms with van der Waals surface area (Å²) < 4.78 is 6.59. The zero-order valence-corrected chi connectivity index (χ0v) is 15.9. The third kappa shape index (κ3) is 4.71. The number of benzene rings is 2. The van der Waals surface area contributed by atoms with E-state index in [0.717, 1.165) is 10.0 Å². The van der Waals surface area contributed by atoms with Crippen molar-refractivity contribution in [3.05, 3.63) is 69.6 Å². The number of aromatic nitrogens is 1. The minimum atomic E-state index is -0.140. The van der Waals surface area contributed by atoms with Crippen LogP contribution in [0.5, 0.6) is 0 Å². The number of nitrogens with zero attached hydrogens (tertiary/aromatic N) is 1. The number of halogens is 2. The fraction of sp³-hybridized carbons (Fsp3) is 0.158. The normalized spacial score (nSPS) is 10.7. The average Bonchev–Trinajstić information content (AvgIpc) is 3.05. The molecule has 0 bridgehead atoms. The van der Waals surface area contributed by atoms with Gasteiger partial charge in [0.2, 0.25) is 5.91 Å². The van der Waals surface area contributed by atoms with Gasteiger partial charge >= 0.3 is 0 Å². The summed E-state index contributed by atoms with van der Waals surface area (Å²) in [5.41, 5.74) is 2.74. The Bertz CT molecular complexity index is 891. The van der Waals surface area contributed by atoms with E-state index < -0.39 is 0 Å². The maximum absolute atomic E-state index is 12.1. The van der Waals surface area contributed by atoms with Crippen LogP contribution < -0.4 is 5.32 Å².